The van der Waals surface area contributed by atoms with Crippen LogP contribution < -0.4 is 15.7 Å². The molecule has 2 N–H and O–H groups in total. The molecular weight excluding hydrogens is 358 g/mol. The zero-order valence-electron chi connectivity index (χ0n) is 14.0. The van der Waals surface area contributed by atoms with Gasteiger partial charge in [0.2, 0.25) is 0 Å². The lowest BCUT2D eigenvalue weighted by Crippen LogP contribution is -2.48. The van der Waals surface area contributed by atoms with E-state index in [1.807, 2.05) is 0 Å². The Bertz CT molecular complexity index is 886. The maximum Gasteiger partial charge on any atom is 0.291 e. The lowest BCUT2D eigenvalue weighted by Gasteiger charge is -2.16. The quantitative estimate of drug-likeness (QED) is 0.400. The summed E-state index contributed by atoms with van der Waals surface area (Å²) in [4.78, 5) is 45.4. The molecule has 1 atom stereocenters. The Morgan fingerprint density at radius 2 is 1.85 bits per heavy atom. The average Bonchev–Trinajstić information content (AvgIpc) is 3.16. The van der Waals surface area contributed by atoms with Gasteiger partial charge in [0.25, 0.3) is 17.5 Å². The van der Waals surface area contributed by atoms with Crippen molar-refractivity contribution in [2.45, 2.75) is 13.0 Å². The average molecular weight is 372 g/mol. The SMILES string of the molecule is C[C@H](NC(=O)/C(=C/c1ccc([N+](=O)[O-])cc1)NC(=O)c1ccco1)C(=O)[O-]. The molecule has 2 amide bonds. The van der Waals surface area contributed by atoms with Crippen molar-refractivity contribution in [2.75, 3.05) is 0 Å². The topological polar surface area (TPSA) is 155 Å². The molecular formula is C17H14N3O7-. The van der Waals surface area contributed by atoms with Crippen molar-refractivity contribution in [2.24, 2.45) is 0 Å². The van der Waals surface area contributed by atoms with Crippen molar-refractivity contribution >= 4 is 29.5 Å². The molecule has 27 heavy (non-hydrogen) atoms. The van der Waals surface area contributed by atoms with Crippen LogP contribution in [0.25, 0.3) is 6.08 Å². The molecule has 1 heterocycles. The maximum absolute atomic E-state index is 12.3. The molecule has 1 aromatic carbocycles. The predicted octanol–water partition coefficient (Wildman–Crippen LogP) is 0.213. The summed E-state index contributed by atoms with van der Waals surface area (Å²) in [6, 6.07) is 6.73. The van der Waals surface area contributed by atoms with E-state index in [9.17, 15) is 29.6 Å². The Balaban J connectivity index is 2.29. The van der Waals surface area contributed by atoms with E-state index in [1.165, 1.54) is 55.7 Å². The number of nitro groups is 1. The summed E-state index contributed by atoms with van der Waals surface area (Å²) >= 11 is 0. The van der Waals surface area contributed by atoms with E-state index in [-0.39, 0.29) is 17.1 Å². The molecule has 0 bridgehead atoms. The molecule has 0 aliphatic carbocycles. The number of aliphatic carboxylic acids is 1. The smallest absolute Gasteiger partial charge is 0.291 e. The van der Waals surface area contributed by atoms with Gasteiger partial charge in [-0.15, -0.1) is 0 Å². The lowest BCUT2D eigenvalue weighted by atomic mass is 10.1. The van der Waals surface area contributed by atoms with E-state index in [2.05, 4.69) is 10.6 Å². The molecule has 0 saturated carbocycles. The Hall–Kier alpha value is -3.95. The fraction of sp³-hybridized carbons (Fsp3) is 0.118. The third-order valence-corrected chi connectivity index (χ3v) is 3.35. The number of carbonyl (C=O) groups excluding carboxylic acids is 3. The number of nitrogens with one attached hydrogen (secondary N) is 2. The molecule has 10 heteroatoms. The van der Waals surface area contributed by atoms with E-state index in [1.54, 1.807) is 0 Å². The maximum atomic E-state index is 12.3. The van der Waals surface area contributed by atoms with Gasteiger partial charge in [-0.1, -0.05) is 0 Å². The summed E-state index contributed by atoms with van der Waals surface area (Å²) in [5.41, 5.74) is -0.0618. The van der Waals surface area contributed by atoms with Crippen LogP contribution >= 0.6 is 0 Å². The van der Waals surface area contributed by atoms with E-state index in [4.69, 9.17) is 4.42 Å². The standard InChI is InChI=1S/C17H15N3O7/c1-10(17(23)24)18-15(21)13(19-16(22)14-3-2-8-27-14)9-11-4-6-12(7-5-11)20(25)26/h2-10H,1H3,(H,18,21)(H,19,22)(H,23,24)/p-1/b13-9-/t10-/m0/s1. The largest absolute Gasteiger partial charge is 0.548 e. The molecule has 1 aromatic heterocycles. The van der Waals surface area contributed by atoms with E-state index < -0.39 is 28.7 Å². The highest BCUT2D eigenvalue weighted by Crippen LogP contribution is 2.14. The number of amides is 2. The number of benzene rings is 1. The van der Waals surface area contributed by atoms with Crippen LogP contribution in [0, 0.1) is 10.1 Å². The normalized spacial score (nSPS) is 12.1. The van der Waals surface area contributed by atoms with Crippen LogP contribution in [0.2, 0.25) is 0 Å². The monoisotopic (exact) mass is 372 g/mol. The Labute approximate surface area is 152 Å². The molecule has 0 saturated heterocycles. The number of nitro benzene ring substituents is 1. The summed E-state index contributed by atoms with van der Waals surface area (Å²) in [7, 11) is 0. The van der Waals surface area contributed by atoms with Crippen LogP contribution in [0.5, 0.6) is 0 Å². The van der Waals surface area contributed by atoms with Crippen molar-refractivity contribution in [1.82, 2.24) is 10.6 Å². The zero-order chi connectivity index (χ0) is 20.0. The molecule has 0 fully saturated rings. The highest BCUT2D eigenvalue weighted by Gasteiger charge is 2.18. The number of carboxylic acid groups (broad SMARTS) is 1. The zero-order valence-corrected chi connectivity index (χ0v) is 14.0. The van der Waals surface area contributed by atoms with Crippen LogP contribution in [0.15, 0.2) is 52.8 Å². The molecule has 0 unspecified atom stereocenters. The fourth-order valence-corrected chi connectivity index (χ4v) is 1.94. The first-order valence-corrected chi connectivity index (χ1v) is 7.60. The van der Waals surface area contributed by atoms with Crippen molar-refractivity contribution in [3.63, 3.8) is 0 Å². The van der Waals surface area contributed by atoms with Gasteiger partial charge in [-0.25, -0.2) is 0 Å². The number of nitrogens with zero attached hydrogens (tertiary/aromatic N) is 1. The van der Waals surface area contributed by atoms with Crippen LogP contribution in [0.3, 0.4) is 0 Å². The summed E-state index contributed by atoms with van der Waals surface area (Å²) in [6.45, 7) is 1.20. The molecule has 0 radical (unpaired) electrons. The summed E-state index contributed by atoms with van der Waals surface area (Å²) in [5.74, 6) is -3.19. The third-order valence-electron chi connectivity index (χ3n) is 3.35. The first-order valence-electron chi connectivity index (χ1n) is 7.60. The molecule has 10 nitrogen and oxygen atoms in total. The number of hydrogen-bond donors (Lipinski definition) is 2. The second-order valence-electron chi connectivity index (χ2n) is 5.35. The minimum atomic E-state index is -1.50. The second-order valence-corrected chi connectivity index (χ2v) is 5.35. The first-order chi connectivity index (χ1) is 12.8. The van der Waals surface area contributed by atoms with Gasteiger partial charge >= 0.3 is 0 Å². The number of non-ortho nitro benzene ring substituents is 1. The fourth-order valence-electron chi connectivity index (χ4n) is 1.94. The van der Waals surface area contributed by atoms with Crippen LogP contribution in [0.1, 0.15) is 23.0 Å². The van der Waals surface area contributed by atoms with Crippen LogP contribution in [0.4, 0.5) is 5.69 Å². The number of rotatable bonds is 7. The van der Waals surface area contributed by atoms with E-state index in [0.29, 0.717) is 5.56 Å². The third kappa shape index (κ3) is 5.26. The van der Waals surface area contributed by atoms with Crippen LogP contribution in [-0.2, 0) is 9.59 Å². The van der Waals surface area contributed by atoms with Gasteiger partial charge in [-0.2, -0.15) is 0 Å². The molecule has 0 aliphatic heterocycles. The predicted molar refractivity (Wildman–Crippen MR) is 89.9 cm³/mol. The van der Waals surface area contributed by atoms with Crippen LogP contribution in [-0.4, -0.2) is 28.7 Å². The number of carbonyl (C=O) groups is 3. The van der Waals surface area contributed by atoms with Gasteiger partial charge in [0.1, 0.15) is 5.70 Å². The molecule has 140 valence electrons. The lowest BCUT2D eigenvalue weighted by molar-refractivity contribution is -0.384. The highest BCUT2D eigenvalue weighted by molar-refractivity contribution is 6.05. The minimum absolute atomic E-state index is 0.0645. The molecule has 0 spiro atoms. The van der Waals surface area contributed by atoms with Gasteiger partial charge in [0.15, 0.2) is 5.76 Å². The van der Waals surface area contributed by atoms with E-state index in [0.717, 1.165) is 0 Å². The van der Waals surface area contributed by atoms with Gasteiger partial charge in [-0.05, 0) is 42.8 Å². The van der Waals surface area contributed by atoms with Gasteiger partial charge in [0, 0.05) is 12.1 Å². The summed E-state index contributed by atoms with van der Waals surface area (Å²) in [6.07, 6.45) is 2.51. The number of hydrogen-bond acceptors (Lipinski definition) is 7. The Morgan fingerprint density at radius 3 is 2.37 bits per heavy atom. The van der Waals surface area contributed by atoms with Crippen molar-refractivity contribution in [3.8, 4) is 0 Å². The van der Waals surface area contributed by atoms with Gasteiger partial charge in [-0.3, -0.25) is 19.7 Å². The van der Waals surface area contributed by atoms with Crippen molar-refractivity contribution in [3.05, 3.63) is 69.8 Å². The summed E-state index contributed by atoms with van der Waals surface area (Å²) < 4.78 is 4.94. The van der Waals surface area contributed by atoms with E-state index >= 15 is 0 Å². The van der Waals surface area contributed by atoms with Gasteiger partial charge < -0.3 is 25.0 Å². The number of carboxylic acids is 1. The Kier molecular flexibility index (Phi) is 6.05. The highest BCUT2D eigenvalue weighted by atomic mass is 16.6. The molecule has 2 aromatic rings. The Morgan fingerprint density at radius 1 is 1.19 bits per heavy atom. The molecule has 2 rings (SSSR count). The van der Waals surface area contributed by atoms with Crippen molar-refractivity contribution in [1.29, 1.82) is 0 Å². The van der Waals surface area contributed by atoms with Gasteiger partial charge in [0.05, 0.1) is 23.2 Å². The first kappa shape index (κ1) is 19.4. The number of furan rings is 1. The summed E-state index contributed by atoms with van der Waals surface area (Å²) in [5, 5.41) is 26.0. The van der Waals surface area contributed by atoms with Crippen molar-refractivity contribution < 1.29 is 28.8 Å². The molecule has 0 aliphatic rings. The second kappa shape index (κ2) is 8.43. The minimum Gasteiger partial charge on any atom is -0.548 e.